The van der Waals surface area contributed by atoms with Crippen LogP contribution in [0.25, 0.3) is 10.9 Å². The van der Waals surface area contributed by atoms with Gasteiger partial charge in [-0.2, -0.15) is 0 Å². The van der Waals surface area contributed by atoms with Crippen molar-refractivity contribution in [1.82, 2.24) is 10.3 Å². The third-order valence-corrected chi connectivity index (χ3v) is 7.97. The molecule has 2 aromatic rings. The minimum absolute atomic E-state index is 0.0601. The van der Waals surface area contributed by atoms with E-state index >= 15 is 0 Å². The summed E-state index contributed by atoms with van der Waals surface area (Å²) in [5.41, 5.74) is 1.33. The third-order valence-electron chi connectivity index (χ3n) is 4.20. The highest BCUT2D eigenvalue weighted by Crippen LogP contribution is 2.31. The lowest BCUT2D eigenvalue weighted by molar-refractivity contribution is 0.0936. The molecule has 1 aromatic carbocycles. The molecule has 0 radical (unpaired) electrons. The van der Waals surface area contributed by atoms with Crippen LogP contribution in [0, 0.1) is 0 Å². The van der Waals surface area contributed by atoms with Gasteiger partial charge in [-0.15, -0.1) is 0 Å². The van der Waals surface area contributed by atoms with Crippen LogP contribution in [0.15, 0.2) is 18.2 Å². The highest BCUT2D eigenvalue weighted by molar-refractivity contribution is 6.78. The molecule has 1 aliphatic heterocycles. The summed E-state index contributed by atoms with van der Waals surface area (Å²) in [6.07, 6.45) is 1.10. The molecule has 0 saturated carbocycles. The molecule has 21 heavy (non-hydrogen) atoms. The van der Waals surface area contributed by atoms with E-state index in [2.05, 4.69) is 23.4 Å². The van der Waals surface area contributed by atoms with Gasteiger partial charge in [-0.1, -0.05) is 42.3 Å². The standard InChI is InChI=1S/C15H18Cl2N2OSi/c1-21(2)4-3-10(8-21)18-15(20)14-7-11-12(17)5-9(16)6-13(11)19-14/h5-7,10,19H,3-4,8H2,1-2H3,(H,18,20). The number of aromatic amines is 1. The number of aromatic nitrogens is 1. The van der Waals surface area contributed by atoms with Gasteiger partial charge in [0, 0.05) is 30.0 Å². The van der Waals surface area contributed by atoms with Gasteiger partial charge in [0.05, 0.1) is 5.02 Å². The van der Waals surface area contributed by atoms with Crippen LogP contribution in [-0.2, 0) is 0 Å². The predicted molar refractivity (Wildman–Crippen MR) is 91.3 cm³/mol. The largest absolute Gasteiger partial charge is 0.350 e. The summed E-state index contributed by atoms with van der Waals surface area (Å²) in [4.78, 5) is 15.5. The van der Waals surface area contributed by atoms with Gasteiger partial charge in [-0.25, -0.2) is 0 Å². The number of amides is 1. The molecule has 0 aliphatic carbocycles. The van der Waals surface area contributed by atoms with Crippen molar-refractivity contribution in [3.63, 3.8) is 0 Å². The van der Waals surface area contributed by atoms with E-state index in [1.807, 2.05) is 0 Å². The molecule has 3 nitrogen and oxygen atoms in total. The van der Waals surface area contributed by atoms with Crippen LogP contribution in [0.1, 0.15) is 16.9 Å². The fourth-order valence-electron chi connectivity index (χ4n) is 3.11. The maximum Gasteiger partial charge on any atom is 0.267 e. The maximum atomic E-state index is 12.4. The number of carbonyl (C=O) groups is 1. The van der Waals surface area contributed by atoms with E-state index in [0.29, 0.717) is 21.8 Å². The van der Waals surface area contributed by atoms with Crippen molar-refractivity contribution in [1.29, 1.82) is 0 Å². The Labute approximate surface area is 135 Å². The zero-order chi connectivity index (χ0) is 15.2. The van der Waals surface area contributed by atoms with E-state index in [1.54, 1.807) is 18.2 Å². The van der Waals surface area contributed by atoms with Crippen molar-refractivity contribution in [3.05, 3.63) is 33.9 Å². The summed E-state index contributed by atoms with van der Waals surface area (Å²) in [6.45, 7) is 4.76. The molecule has 1 fully saturated rings. The molecule has 1 amide bonds. The highest BCUT2D eigenvalue weighted by Gasteiger charge is 2.33. The van der Waals surface area contributed by atoms with Gasteiger partial charge in [-0.05, 0) is 30.7 Å². The number of hydrogen-bond acceptors (Lipinski definition) is 1. The lowest BCUT2D eigenvalue weighted by atomic mass is 10.2. The minimum Gasteiger partial charge on any atom is -0.350 e. The first-order valence-electron chi connectivity index (χ1n) is 7.13. The molecular formula is C15H18Cl2N2OSi. The van der Waals surface area contributed by atoms with Crippen LogP contribution in [0.3, 0.4) is 0 Å². The zero-order valence-electron chi connectivity index (χ0n) is 12.1. The van der Waals surface area contributed by atoms with Gasteiger partial charge >= 0.3 is 0 Å². The lowest BCUT2D eigenvalue weighted by Gasteiger charge is -2.15. The molecule has 1 unspecified atom stereocenters. The van der Waals surface area contributed by atoms with E-state index in [-0.39, 0.29) is 5.91 Å². The lowest BCUT2D eigenvalue weighted by Crippen LogP contribution is -2.34. The Hall–Kier alpha value is -0.973. The smallest absolute Gasteiger partial charge is 0.267 e. The van der Waals surface area contributed by atoms with E-state index < -0.39 is 8.07 Å². The maximum absolute atomic E-state index is 12.4. The van der Waals surface area contributed by atoms with Gasteiger partial charge < -0.3 is 10.3 Å². The second-order valence-corrected chi connectivity index (χ2v) is 12.7. The Morgan fingerprint density at radius 1 is 1.33 bits per heavy atom. The van der Waals surface area contributed by atoms with Crippen LogP contribution in [0.5, 0.6) is 0 Å². The average molecular weight is 341 g/mol. The summed E-state index contributed by atoms with van der Waals surface area (Å²) < 4.78 is 0. The molecule has 1 aromatic heterocycles. The van der Waals surface area contributed by atoms with Crippen LogP contribution >= 0.6 is 23.2 Å². The number of benzene rings is 1. The third kappa shape index (κ3) is 3.12. The van der Waals surface area contributed by atoms with E-state index in [4.69, 9.17) is 23.2 Å². The van der Waals surface area contributed by atoms with Crippen molar-refractivity contribution in [2.75, 3.05) is 0 Å². The second-order valence-electron chi connectivity index (χ2n) is 6.61. The molecule has 2 N–H and O–H groups in total. The Morgan fingerprint density at radius 3 is 2.76 bits per heavy atom. The van der Waals surface area contributed by atoms with Crippen molar-refractivity contribution >= 4 is 48.1 Å². The number of halogens is 2. The molecule has 0 bridgehead atoms. The first-order chi connectivity index (χ1) is 9.84. The van der Waals surface area contributed by atoms with Gasteiger partial charge in [0.2, 0.25) is 0 Å². The molecule has 1 aliphatic rings. The van der Waals surface area contributed by atoms with Crippen LogP contribution in [0.4, 0.5) is 0 Å². The molecule has 0 spiro atoms. The zero-order valence-corrected chi connectivity index (χ0v) is 14.6. The fraction of sp³-hybridized carbons (Fsp3) is 0.400. The van der Waals surface area contributed by atoms with Crippen LogP contribution in [-0.4, -0.2) is 25.0 Å². The number of fused-ring (bicyclic) bond motifs is 1. The number of carbonyl (C=O) groups excluding carboxylic acids is 1. The average Bonchev–Trinajstić information content (AvgIpc) is 2.93. The number of nitrogens with one attached hydrogen (secondary N) is 2. The Bertz CT molecular complexity index is 711. The molecule has 1 atom stereocenters. The number of rotatable bonds is 2. The predicted octanol–water partition coefficient (Wildman–Crippen LogP) is 4.69. The minimum atomic E-state index is -1.08. The first kappa shape index (κ1) is 14.9. The van der Waals surface area contributed by atoms with Crippen molar-refractivity contribution in [3.8, 4) is 0 Å². The number of hydrogen-bond donors (Lipinski definition) is 2. The molecule has 3 rings (SSSR count). The molecule has 112 valence electrons. The topological polar surface area (TPSA) is 44.9 Å². The first-order valence-corrected chi connectivity index (χ1v) is 11.3. The van der Waals surface area contributed by atoms with Gasteiger partial charge in [0.15, 0.2) is 0 Å². The van der Waals surface area contributed by atoms with Gasteiger partial charge in [-0.3, -0.25) is 4.79 Å². The number of H-pyrrole nitrogens is 1. The molecule has 2 heterocycles. The van der Waals surface area contributed by atoms with E-state index in [1.165, 1.54) is 6.04 Å². The summed E-state index contributed by atoms with van der Waals surface area (Å²) in [7, 11) is -1.08. The van der Waals surface area contributed by atoms with E-state index in [0.717, 1.165) is 23.4 Å². The Balaban J connectivity index is 1.81. The second kappa shape index (κ2) is 5.34. The van der Waals surface area contributed by atoms with Gasteiger partial charge in [0.1, 0.15) is 5.69 Å². The van der Waals surface area contributed by atoms with Crippen molar-refractivity contribution in [2.24, 2.45) is 0 Å². The van der Waals surface area contributed by atoms with Crippen molar-refractivity contribution in [2.45, 2.75) is 37.6 Å². The summed E-state index contributed by atoms with van der Waals surface area (Å²) in [5.74, 6) is -0.0601. The summed E-state index contributed by atoms with van der Waals surface area (Å²) >= 11 is 12.1. The highest BCUT2D eigenvalue weighted by atomic mass is 35.5. The molecule has 6 heteroatoms. The van der Waals surface area contributed by atoms with Crippen LogP contribution < -0.4 is 5.32 Å². The van der Waals surface area contributed by atoms with Gasteiger partial charge in [0.25, 0.3) is 5.91 Å². The molecular weight excluding hydrogens is 323 g/mol. The Kier molecular flexibility index (Phi) is 3.80. The SMILES string of the molecule is C[Si]1(C)CCC(NC(=O)c2cc3c(Cl)cc(Cl)cc3[nH]2)C1. The molecule has 1 saturated heterocycles. The Morgan fingerprint density at radius 2 is 2.10 bits per heavy atom. The van der Waals surface area contributed by atoms with E-state index in [9.17, 15) is 4.79 Å². The monoisotopic (exact) mass is 340 g/mol. The fourth-order valence-corrected chi connectivity index (χ4v) is 6.63. The van der Waals surface area contributed by atoms with Crippen molar-refractivity contribution < 1.29 is 4.79 Å². The quantitative estimate of drug-likeness (QED) is 0.765. The summed E-state index contributed by atoms with van der Waals surface area (Å²) in [5, 5.41) is 5.08. The normalized spacial score (nSPS) is 20.9. The summed E-state index contributed by atoms with van der Waals surface area (Å²) in [6, 6.07) is 8.01. The van der Waals surface area contributed by atoms with Crippen LogP contribution in [0.2, 0.25) is 35.2 Å².